The highest BCUT2D eigenvalue weighted by Crippen LogP contribution is 2.20. The van der Waals surface area contributed by atoms with Crippen molar-refractivity contribution in [2.24, 2.45) is 0 Å². The molecule has 0 saturated heterocycles. The third kappa shape index (κ3) is 6.46. The summed E-state index contributed by atoms with van der Waals surface area (Å²) in [4.78, 5) is 34.5. The van der Waals surface area contributed by atoms with Crippen molar-refractivity contribution in [3.8, 4) is 0 Å². The standard InChI is InChI=1S/C12H15ClN2O5S/c1-20-10(16)5-3-8(11(17)18)15-12(19)14-6-7-2-4-9(13)21-7/h2,4,8H,3,5-6H2,1H3,(H,17,18)(H2,14,15,19)/t8-/m1/s1. The summed E-state index contributed by atoms with van der Waals surface area (Å²) in [5, 5.41) is 13.8. The lowest BCUT2D eigenvalue weighted by Gasteiger charge is -2.14. The minimum absolute atomic E-state index is 0.0414. The van der Waals surface area contributed by atoms with E-state index in [1.54, 1.807) is 12.1 Å². The van der Waals surface area contributed by atoms with Gasteiger partial charge in [0.15, 0.2) is 0 Å². The molecule has 1 aromatic heterocycles. The van der Waals surface area contributed by atoms with E-state index in [0.717, 1.165) is 4.88 Å². The number of carboxylic acids is 1. The number of ether oxygens (including phenoxy) is 1. The van der Waals surface area contributed by atoms with Gasteiger partial charge in [0.2, 0.25) is 0 Å². The fourth-order valence-electron chi connectivity index (χ4n) is 1.45. The lowest BCUT2D eigenvalue weighted by Crippen LogP contribution is -2.45. The van der Waals surface area contributed by atoms with Crippen LogP contribution < -0.4 is 10.6 Å². The maximum atomic E-state index is 11.6. The minimum atomic E-state index is -1.21. The highest BCUT2D eigenvalue weighted by Gasteiger charge is 2.21. The number of carbonyl (C=O) groups is 3. The Morgan fingerprint density at radius 1 is 1.43 bits per heavy atom. The molecule has 0 aliphatic rings. The first-order valence-electron chi connectivity index (χ1n) is 6.00. The van der Waals surface area contributed by atoms with E-state index in [0.29, 0.717) is 4.34 Å². The highest BCUT2D eigenvalue weighted by molar-refractivity contribution is 7.16. The number of amides is 2. The number of esters is 1. The van der Waals surface area contributed by atoms with Crippen molar-refractivity contribution in [2.45, 2.75) is 25.4 Å². The molecule has 7 nitrogen and oxygen atoms in total. The number of aliphatic carboxylic acids is 1. The van der Waals surface area contributed by atoms with Gasteiger partial charge in [-0.05, 0) is 18.6 Å². The lowest BCUT2D eigenvalue weighted by molar-refractivity contribution is -0.142. The molecule has 3 N–H and O–H groups in total. The van der Waals surface area contributed by atoms with Crippen molar-refractivity contribution < 1.29 is 24.2 Å². The molecule has 0 aliphatic heterocycles. The maximum Gasteiger partial charge on any atom is 0.326 e. The first kappa shape index (κ1) is 17.3. The summed E-state index contributed by atoms with van der Waals surface area (Å²) in [6.45, 7) is 0.243. The molecule has 0 bridgehead atoms. The molecule has 9 heteroatoms. The maximum absolute atomic E-state index is 11.6. The molecule has 1 heterocycles. The average Bonchev–Trinajstić information content (AvgIpc) is 2.86. The van der Waals surface area contributed by atoms with Gasteiger partial charge in [0, 0.05) is 11.3 Å². The zero-order valence-corrected chi connectivity index (χ0v) is 12.8. The van der Waals surface area contributed by atoms with Gasteiger partial charge in [-0.15, -0.1) is 11.3 Å². The Bertz CT molecular complexity index is 520. The first-order chi connectivity index (χ1) is 9.92. The molecule has 0 aliphatic carbocycles. The Morgan fingerprint density at radius 3 is 2.67 bits per heavy atom. The third-order valence-electron chi connectivity index (χ3n) is 2.52. The molecule has 0 aromatic carbocycles. The van der Waals surface area contributed by atoms with Crippen LogP contribution in [0.4, 0.5) is 4.79 Å². The van der Waals surface area contributed by atoms with E-state index >= 15 is 0 Å². The van der Waals surface area contributed by atoms with E-state index in [1.807, 2.05) is 0 Å². The van der Waals surface area contributed by atoms with Gasteiger partial charge < -0.3 is 20.5 Å². The van der Waals surface area contributed by atoms with Crippen LogP contribution in [0.5, 0.6) is 0 Å². The predicted molar refractivity (Wildman–Crippen MR) is 77.4 cm³/mol. The number of nitrogens with one attached hydrogen (secondary N) is 2. The molecule has 1 aromatic rings. The van der Waals surface area contributed by atoms with E-state index in [1.165, 1.54) is 18.4 Å². The van der Waals surface area contributed by atoms with E-state index in [2.05, 4.69) is 15.4 Å². The molecule has 2 amide bonds. The molecule has 21 heavy (non-hydrogen) atoms. The topological polar surface area (TPSA) is 105 Å². The van der Waals surface area contributed by atoms with Crippen LogP contribution in [-0.4, -0.2) is 36.2 Å². The van der Waals surface area contributed by atoms with Crippen molar-refractivity contribution in [1.29, 1.82) is 0 Å². The molecule has 0 radical (unpaired) electrons. The summed E-state index contributed by atoms with van der Waals surface area (Å²) in [6, 6.07) is 1.68. The van der Waals surface area contributed by atoms with Crippen molar-refractivity contribution in [1.82, 2.24) is 10.6 Å². The fourth-order valence-corrected chi connectivity index (χ4v) is 2.47. The zero-order valence-electron chi connectivity index (χ0n) is 11.2. The molecular formula is C12H15ClN2O5S. The van der Waals surface area contributed by atoms with Gasteiger partial charge in [0.05, 0.1) is 18.0 Å². The van der Waals surface area contributed by atoms with Crippen LogP contribution in [0.2, 0.25) is 4.34 Å². The van der Waals surface area contributed by atoms with Crippen molar-refractivity contribution >= 4 is 40.9 Å². The molecule has 0 unspecified atom stereocenters. The number of urea groups is 1. The van der Waals surface area contributed by atoms with Gasteiger partial charge in [-0.25, -0.2) is 9.59 Å². The summed E-state index contributed by atoms with van der Waals surface area (Å²) in [5.74, 6) is -1.75. The van der Waals surface area contributed by atoms with Crippen LogP contribution in [-0.2, 0) is 20.9 Å². The Balaban J connectivity index is 2.41. The van der Waals surface area contributed by atoms with Crippen LogP contribution in [0.1, 0.15) is 17.7 Å². The average molecular weight is 335 g/mol. The van der Waals surface area contributed by atoms with Gasteiger partial charge in [-0.3, -0.25) is 4.79 Å². The highest BCUT2D eigenvalue weighted by atomic mass is 35.5. The Kier molecular flexibility index (Phi) is 6.97. The zero-order chi connectivity index (χ0) is 15.8. The van der Waals surface area contributed by atoms with Gasteiger partial charge in [-0.1, -0.05) is 11.6 Å². The smallest absolute Gasteiger partial charge is 0.326 e. The number of thiophene rings is 1. The SMILES string of the molecule is COC(=O)CC[C@@H](NC(=O)NCc1ccc(Cl)s1)C(=O)O. The van der Waals surface area contributed by atoms with Gasteiger partial charge in [0.1, 0.15) is 6.04 Å². The van der Waals surface area contributed by atoms with Crippen LogP contribution in [0, 0.1) is 0 Å². The normalized spacial score (nSPS) is 11.5. The number of methoxy groups -OCH3 is 1. The van der Waals surface area contributed by atoms with Crippen LogP contribution in [0.3, 0.4) is 0 Å². The van der Waals surface area contributed by atoms with E-state index in [-0.39, 0.29) is 19.4 Å². The fraction of sp³-hybridized carbons (Fsp3) is 0.417. The molecular weight excluding hydrogens is 320 g/mol. The first-order valence-corrected chi connectivity index (χ1v) is 7.20. The van der Waals surface area contributed by atoms with Crippen LogP contribution in [0.25, 0.3) is 0 Å². The van der Waals surface area contributed by atoms with Gasteiger partial charge >= 0.3 is 18.0 Å². The van der Waals surface area contributed by atoms with Crippen LogP contribution in [0.15, 0.2) is 12.1 Å². The number of carboxylic acid groups (broad SMARTS) is 1. The second kappa shape index (κ2) is 8.48. The Morgan fingerprint density at radius 2 is 2.14 bits per heavy atom. The third-order valence-corrected chi connectivity index (χ3v) is 3.75. The number of halogens is 1. The molecule has 0 spiro atoms. The van der Waals surface area contributed by atoms with Crippen LogP contribution >= 0.6 is 22.9 Å². The van der Waals surface area contributed by atoms with E-state index in [9.17, 15) is 14.4 Å². The quantitative estimate of drug-likeness (QED) is 0.657. The van der Waals surface area contributed by atoms with Crippen molar-refractivity contribution in [3.63, 3.8) is 0 Å². The predicted octanol–water partition coefficient (Wildman–Crippen LogP) is 1.61. The summed E-state index contributed by atoms with van der Waals surface area (Å²) < 4.78 is 5.03. The summed E-state index contributed by atoms with van der Waals surface area (Å²) in [6.07, 6.45) is -0.130. The number of carbonyl (C=O) groups excluding carboxylic acids is 2. The molecule has 0 fully saturated rings. The second-order valence-corrected chi connectivity index (χ2v) is 5.84. The van der Waals surface area contributed by atoms with Gasteiger partial charge in [0.25, 0.3) is 0 Å². The lowest BCUT2D eigenvalue weighted by atomic mass is 10.1. The molecule has 1 rings (SSSR count). The van der Waals surface area contributed by atoms with Crippen molar-refractivity contribution in [3.05, 3.63) is 21.3 Å². The minimum Gasteiger partial charge on any atom is -0.480 e. The Hall–Kier alpha value is -1.80. The number of hydrogen-bond donors (Lipinski definition) is 3. The largest absolute Gasteiger partial charge is 0.480 e. The van der Waals surface area contributed by atoms with Crippen molar-refractivity contribution in [2.75, 3.05) is 7.11 Å². The molecule has 1 atom stereocenters. The number of hydrogen-bond acceptors (Lipinski definition) is 5. The molecule has 0 saturated carbocycles. The summed E-state index contributed by atoms with van der Waals surface area (Å²) in [7, 11) is 1.21. The second-order valence-electron chi connectivity index (χ2n) is 4.04. The Labute approximate surface area is 130 Å². The number of rotatable bonds is 7. The summed E-state index contributed by atoms with van der Waals surface area (Å²) in [5.41, 5.74) is 0. The van der Waals surface area contributed by atoms with Gasteiger partial charge in [-0.2, -0.15) is 0 Å². The van der Waals surface area contributed by atoms with E-state index < -0.39 is 24.0 Å². The molecule has 116 valence electrons. The van der Waals surface area contributed by atoms with E-state index in [4.69, 9.17) is 16.7 Å². The monoisotopic (exact) mass is 334 g/mol. The summed E-state index contributed by atoms with van der Waals surface area (Å²) >= 11 is 7.07.